The Morgan fingerprint density at radius 3 is 2.78 bits per heavy atom. The molecule has 0 bridgehead atoms. The van der Waals surface area contributed by atoms with Gasteiger partial charge in [-0.15, -0.1) is 11.3 Å². The lowest BCUT2D eigenvalue weighted by Crippen LogP contribution is -2.53. The zero-order chi connectivity index (χ0) is 25.2. The van der Waals surface area contributed by atoms with Gasteiger partial charge < -0.3 is 15.8 Å². The third-order valence-corrected chi connectivity index (χ3v) is 7.55. The molecule has 9 nitrogen and oxygen atoms in total. The number of carbonyl (C=O) groups excluding carboxylic acids is 3. The van der Waals surface area contributed by atoms with E-state index in [4.69, 9.17) is 15.5 Å². The predicted molar refractivity (Wildman–Crippen MR) is 136 cm³/mol. The standard InChI is InChI=1S/C26H29N5O4S/c1-2-5-20(23(32)26(34)29-15-7-8-15)31-14-16(12-21(31)25(27)33)35-22-13-19(17-6-3-4-10-28-17)30-18-9-11-36-24(18)22/h3-4,6,9-11,13,15-16,20-21H,2,5,7-8,12,14H2,1H3,(H2,27,33)(H,29,34)/t16?,20-,21?/m0/s1. The van der Waals surface area contributed by atoms with Crippen LogP contribution in [0.2, 0.25) is 0 Å². The summed E-state index contributed by atoms with van der Waals surface area (Å²) in [5.41, 5.74) is 7.97. The maximum atomic E-state index is 13.1. The highest BCUT2D eigenvalue weighted by molar-refractivity contribution is 7.17. The topological polar surface area (TPSA) is 128 Å². The zero-order valence-electron chi connectivity index (χ0n) is 20.1. The van der Waals surface area contributed by atoms with E-state index < -0.39 is 29.7 Å². The van der Waals surface area contributed by atoms with Crippen molar-refractivity contribution in [2.45, 2.75) is 63.3 Å². The van der Waals surface area contributed by atoms with Gasteiger partial charge in [-0.2, -0.15) is 0 Å². The average molecular weight is 508 g/mol. The molecule has 3 N–H and O–H groups in total. The molecular weight excluding hydrogens is 478 g/mol. The third kappa shape index (κ3) is 5.10. The van der Waals surface area contributed by atoms with Crippen molar-refractivity contribution >= 4 is 39.2 Å². The van der Waals surface area contributed by atoms with Gasteiger partial charge in [-0.05, 0) is 42.8 Å². The van der Waals surface area contributed by atoms with E-state index in [2.05, 4.69) is 10.3 Å². The number of aromatic nitrogens is 2. The van der Waals surface area contributed by atoms with Crippen LogP contribution in [0.3, 0.4) is 0 Å². The first kappa shape index (κ1) is 24.3. The van der Waals surface area contributed by atoms with Crippen LogP contribution in [0.1, 0.15) is 39.0 Å². The normalized spacial score (nSPS) is 20.8. The van der Waals surface area contributed by atoms with E-state index in [1.54, 1.807) is 11.1 Å². The maximum Gasteiger partial charge on any atom is 0.289 e. The number of hydrogen-bond acceptors (Lipinski definition) is 8. The number of likely N-dealkylation sites (tertiary alicyclic amines) is 1. The van der Waals surface area contributed by atoms with Crippen molar-refractivity contribution in [3.8, 4) is 17.1 Å². The van der Waals surface area contributed by atoms with E-state index >= 15 is 0 Å². The monoisotopic (exact) mass is 507 g/mol. The molecule has 3 atom stereocenters. The maximum absolute atomic E-state index is 13.1. The van der Waals surface area contributed by atoms with Gasteiger partial charge in [0.1, 0.15) is 11.9 Å². The molecule has 4 heterocycles. The quantitative estimate of drug-likeness (QED) is 0.404. The molecule has 36 heavy (non-hydrogen) atoms. The van der Waals surface area contributed by atoms with E-state index in [1.807, 2.05) is 42.6 Å². The number of fused-ring (bicyclic) bond motifs is 1. The number of thiophene rings is 1. The molecule has 5 rings (SSSR count). The number of ketones is 1. The van der Waals surface area contributed by atoms with Crippen molar-refractivity contribution in [3.63, 3.8) is 0 Å². The third-order valence-electron chi connectivity index (χ3n) is 6.63. The van der Waals surface area contributed by atoms with E-state index in [0.717, 1.165) is 28.8 Å². The van der Waals surface area contributed by atoms with E-state index in [-0.39, 0.29) is 12.1 Å². The van der Waals surface area contributed by atoms with E-state index in [1.165, 1.54) is 11.3 Å². The Kier molecular flexibility index (Phi) is 6.97. The molecule has 2 aliphatic rings. The van der Waals surface area contributed by atoms with Gasteiger partial charge in [0.15, 0.2) is 0 Å². The van der Waals surface area contributed by atoms with E-state index in [0.29, 0.717) is 37.3 Å². The Bertz CT molecular complexity index is 1280. The smallest absolute Gasteiger partial charge is 0.289 e. The summed E-state index contributed by atoms with van der Waals surface area (Å²) in [5.74, 6) is -0.978. The molecule has 1 aliphatic carbocycles. The Balaban J connectivity index is 1.40. The molecule has 1 saturated heterocycles. The zero-order valence-corrected chi connectivity index (χ0v) is 20.9. The lowest BCUT2D eigenvalue weighted by molar-refractivity contribution is -0.142. The highest BCUT2D eigenvalue weighted by atomic mass is 32.1. The fourth-order valence-corrected chi connectivity index (χ4v) is 5.52. The summed E-state index contributed by atoms with van der Waals surface area (Å²) >= 11 is 1.52. The van der Waals surface area contributed by atoms with Crippen LogP contribution >= 0.6 is 11.3 Å². The van der Waals surface area contributed by atoms with Gasteiger partial charge in [-0.1, -0.05) is 19.4 Å². The lowest BCUT2D eigenvalue weighted by Gasteiger charge is -2.29. The summed E-state index contributed by atoms with van der Waals surface area (Å²) in [4.78, 5) is 48.9. The number of nitrogens with one attached hydrogen (secondary N) is 1. The molecule has 3 aromatic heterocycles. The Morgan fingerprint density at radius 2 is 2.08 bits per heavy atom. The van der Waals surface area contributed by atoms with Crippen LogP contribution in [0.15, 0.2) is 41.9 Å². The Labute approximate surface area is 213 Å². The van der Waals surface area contributed by atoms with E-state index in [9.17, 15) is 14.4 Å². The second-order valence-corrected chi connectivity index (χ2v) is 10.3. The number of ether oxygens (including phenoxy) is 1. The van der Waals surface area contributed by atoms with Gasteiger partial charge in [0, 0.05) is 31.3 Å². The second-order valence-electron chi connectivity index (χ2n) is 9.36. The molecular formula is C26H29N5O4S. The van der Waals surface area contributed by atoms with Crippen LogP contribution in [0.5, 0.6) is 5.75 Å². The molecule has 2 unspecified atom stereocenters. The summed E-state index contributed by atoms with van der Waals surface area (Å²) in [6, 6.07) is 8.10. The van der Waals surface area contributed by atoms with Gasteiger partial charge in [-0.3, -0.25) is 24.3 Å². The first-order valence-corrected chi connectivity index (χ1v) is 13.2. The number of hydrogen-bond donors (Lipinski definition) is 2. The number of nitrogens with two attached hydrogens (primary N) is 1. The molecule has 0 radical (unpaired) electrons. The highest BCUT2D eigenvalue weighted by Crippen LogP contribution is 2.36. The first-order valence-electron chi connectivity index (χ1n) is 12.3. The first-order chi connectivity index (χ1) is 17.4. The summed E-state index contributed by atoms with van der Waals surface area (Å²) in [5, 5.41) is 4.73. The lowest BCUT2D eigenvalue weighted by atomic mass is 10.0. The van der Waals surface area contributed by atoms with Crippen molar-refractivity contribution in [1.29, 1.82) is 0 Å². The van der Waals surface area contributed by atoms with Crippen LogP contribution in [-0.4, -0.2) is 63.2 Å². The van der Waals surface area contributed by atoms with Gasteiger partial charge >= 0.3 is 0 Å². The van der Waals surface area contributed by atoms with Gasteiger partial charge in [0.2, 0.25) is 11.7 Å². The summed E-state index contributed by atoms with van der Waals surface area (Å²) in [6.45, 7) is 2.26. The van der Waals surface area contributed by atoms with Crippen LogP contribution in [0, 0.1) is 0 Å². The fourth-order valence-electron chi connectivity index (χ4n) is 4.73. The van der Waals surface area contributed by atoms with Crippen LogP contribution in [0.4, 0.5) is 0 Å². The minimum absolute atomic E-state index is 0.0820. The van der Waals surface area contributed by atoms with Gasteiger partial charge in [0.05, 0.1) is 33.7 Å². The molecule has 188 valence electrons. The Morgan fingerprint density at radius 1 is 1.25 bits per heavy atom. The molecule has 2 fully saturated rings. The number of nitrogens with zero attached hydrogens (tertiary/aromatic N) is 3. The van der Waals surface area contributed by atoms with Crippen LogP contribution < -0.4 is 15.8 Å². The van der Waals surface area contributed by atoms with Crippen molar-refractivity contribution in [2.75, 3.05) is 6.54 Å². The molecule has 0 spiro atoms. The molecule has 10 heteroatoms. The molecule has 2 amide bonds. The van der Waals surface area contributed by atoms with Crippen LogP contribution in [0.25, 0.3) is 21.6 Å². The van der Waals surface area contributed by atoms with Crippen molar-refractivity contribution in [1.82, 2.24) is 20.2 Å². The number of carbonyl (C=O) groups is 3. The van der Waals surface area contributed by atoms with Crippen molar-refractivity contribution < 1.29 is 19.1 Å². The van der Waals surface area contributed by atoms with Crippen molar-refractivity contribution in [3.05, 3.63) is 41.9 Å². The van der Waals surface area contributed by atoms with Gasteiger partial charge in [0.25, 0.3) is 5.91 Å². The number of rotatable bonds is 10. The number of amides is 2. The minimum Gasteiger partial charge on any atom is -0.487 e. The Hall–Kier alpha value is -3.37. The number of Topliss-reactive ketones (excluding diaryl/α,β-unsaturated/α-hetero) is 1. The SMILES string of the molecule is CCC[C@@H](C(=O)C(=O)NC1CC1)N1CC(Oc2cc(-c3ccccn3)nc3ccsc23)CC1C(N)=O. The molecule has 1 saturated carbocycles. The highest BCUT2D eigenvalue weighted by Gasteiger charge is 2.44. The average Bonchev–Trinajstić information content (AvgIpc) is 3.38. The molecule has 3 aromatic rings. The summed E-state index contributed by atoms with van der Waals surface area (Å²) < 4.78 is 7.34. The largest absolute Gasteiger partial charge is 0.487 e. The van der Waals surface area contributed by atoms with Crippen molar-refractivity contribution in [2.24, 2.45) is 5.73 Å². The molecule has 1 aliphatic heterocycles. The molecule has 0 aromatic carbocycles. The predicted octanol–water partition coefficient (Wildman–Crippen LogP) is 2.68. The minimum atomic E-state index is -0.719. The fraction of sp³-hybridized carbons (Fsp3) is 0.423. The number of pyridine rings is 2. The summed E-state index contributed by atoms with van der Waals surface area (Å²) in [6.07, 6.45) is 4.60. The second kappa shape index (κ2) is 10.3. The summed E-state index contributed by atoms with van der Waals surface area (Å²) in [7, 11) is 0. The van der Waals surface area contributed by atoms with Crippen LogP contribution in [-0.2, 0) is 14.4 Å². The number of primary amides is 1. The van der Waals surface area contributed by atoms with Gasteiger partial charge in [-0.25, -0.2) is 4.98 Å².